The second-order valence-electron chi connectivity index (χ2n) is 6.58. The molecule has 0 aliphatic carbocycles. The number of benzene rings is 1. The monoisotopic (exact) mass is 364 g/mol. The van der Waals surface area contributed by atoms with E-state index in [-0.39, 0.29) is 5.82 Å². The first-order valence-corrected chi connectivity index (χ1v) is 8.64. The lowest BCUT2D eigenvalue weighted by Crippen LogP contribution is -2.30. The lowest BCUT2D eigenvalue weighted by atomic mass is 9.99. The number of amides is 3. The van der Waals surface area contributed by atoms with Crippen molar-refractivity contribution in [2.75, 3.05) is 6.54 Å². The van der Waals surface area contributed by atoms with Gasteiger partial charge in [-0.3, -0.25) is 20.0 Å². The van der Waals surface area contributed by atoms with Gasteiger partial charge in [0.15, 0.2) is 6.04 Å². The molecule has 1 atom stereocenters. The Kier molecular flexibility index (Phi) is 4.57. The maximum absolute atomic E-state index is 13.4. The smallest absolute Gasteiger partial charge is 0.316 e. The van der Waals surface area contributed by atoms with E-state index in [1.807, 2.05) is 18.2 Å². The third-order valence-corrected chi connectivity index (χ3v) is 4.61. The van der Waals surface area contributed by atoms with Crippen LogP contribution >= 0.6 is 0 Å². The van der Waals surface area contributed by atoms with Crippen LogP contribution in [0.4, 0.5) is 9.18 Å². The molecule has 0 spiro atoms. The summed E-state index contributed by atoms with van der Waals surface area (Å²) < 4.78 is 13.4. The van der Waals surface area contributed by atoms with Crippen LogP contribution in [0, 0.1) is 17.7 Å². The molecule has 0 bridgehead atoms. The van der Waals surface area contributed by atoms with E-state index in [2.05, 4.69) is 32.4 Å². The zero-order valence-electron chi connectivity index (χ0n) is 14.5. The molecule has 1 aromatic heterocycles. The van der Waals surface area contributed by atoms with Gasteiger partial charge < -0.3 is 5.32 Å². The fourth-order valence-electron chi connectivity index (χ4n) is 3.21. The zero-order valence-corrected chi connectivity index (χ0v) is 14.5. The number of pyridine rings is 1. The Morgan fingerprint density at radius 3 is 2.85 bits per heavy atom. The van der Waals surface area contributed by atoms with Gasteiger partial charge in [-0.2, -0.15) is 0 Å². The number of imide groups is 1. The number of urea groups is 1. The second kappa shape index (κ2) is 7.17. The average Bonchev–Trinajstić information content (AvgIpc) is 2.98. The van der Waals surface area contributed by atoms with Crippen molar-refractivity contribution >= 4 is 11.9 Å². The van der Waals surface area contributed by atoms with Crippen LogP contribution in [0.1, 0.15) is 22.4 Å². The predicted octanol–water partition coefficient (Wildman–Crippen LogP) is 1.34. The SMILES string of the molecule is O=C1NC(=O)C(C#Cc2ccc(CN3CCc4ccc(F)cc4C3)nc2)N1. The molecule has 7 heteroatoms. The van der Waals surface area contributed by atoms with Crippen LogP contribution in [0.2, 0.25) is 0 Å². The standard InChI is InChI=1S/C20H17FN4O2/c21-16-4-3-14-7-8-25(11-15(14)9-16)12-17-5-1-13(10-22-17)2-6-18-19(26)24-20(27)23-18/h1,3-5,9-10,18H,7-8,11-12H2,(H2,23,24,26,27). The topological polar surface area (TPSA) is 74.3 Å². The molecule has 0 saturated carbocycles. The molecule has 4 rings (SSSR count). The van der Waals surface area contributed by atoms with E-state index in [1.165, 1.54) is 11.6 Å². The molecule has 1 saturated heterocycles. The zero-order chi connectivity index (χ0) is 18.8. The van der Waals surface area contributed by atoms with E-state index in [9.17, 15) is 14.0 Å². The first-order valence-electron chi connectivity index (χ1n) is 8.64. The van der Waals surface area contributed by atoms with Crippen molar-refractivity contribution in [2.45, 2.75) is 25.6 Å². The predicted molar refractivity (Wildman–Crippen MR) is 95.8 cm³/mol. The van der Waals surface area contributed by atoms with E-state index in [0.717, 1.165) is 24.2 Å². The summed E-state index contributed by atoms with van der Waals surface area (Å²) >= 11 is 0. The number of fused-ring (bicyclic) bond motifs is 1. The van der Waals surface area contributed by atoms with Crippen LogP contribution in [0.15, 0.2) is 36.5 Å². The Hall–Kier alpha value is -3.24. The van der Waals surface area contributed by atoms with Crippen molar-refractivity contribution in [1.29, 1.82) is 0 Å². The van der Waals surface area contributed by atoms with Crippen LogP contribution in [0.5, 0.6) is 0 Å². The normalized spacial score (nSPS) is 18.9. The molecule has 3 amide bonds. The molecule has 3 heterocycles. The summed E-state index contributed by atoms with van der Waals surface area (Å²) in [5, 5.41) is 4.56. The van der Waals surface area contributed by atoms with Gasteiger partial charge in [0.1, 0.15) is 5.82 Å². The van der Waals surface area contributed by atoms with Gasteiger partial charge in [0.05, 0.1) is 5.69 Å². The molecule has 1 unspecified atom stereocenters. The molecule has 2 aromatic rings. The molecule has 2 aliphatic rings. The number of rotatable bonds is 2. The molecule has 2 aliphatic heterocycles. The van der Waals surface area contributed by atoms with Gasteiger partial charge in [-0.25, -0.2) is 9.18 Å². The second-order valence-corrected chi connectivity index (χ2v) is 6.58. The highest BCUT2D eigenvalue weighted by atomic mass is 19.1. The molecule has 136 valence electrons. The minimum atomic E-state index is -0.828. The summed E-state index contributed by atoms with van der Waals surface area (Å²) in [6.07, 6.45) is 2.54. The molecule has 1 aromatic carbocycles. The Morgan fingerprint density at radius 1 is 1.22 bits per heavy atom. The number of aromatic nitrogens is 1. The van der Waals surface area contributed by atoms with Gasteiger partial charge in [0.2, 0.25) is 0 Å². The van der Waals surface area contributed by atoms with Crippen molar-refractivity contribution in [3.63, 3.8) is 0 Å². The first-order chi connectivity index (χ1) is 13.1. The lowest BCUT2D eigenvalue weighted by molar-refractivity contribution is -0.119. The quantitative estimate of drug-likeness (QED) is 0.623. The Morgan fingerprint density at radius 2 is 2.11 bits per heavy atom. The summed E-state index contributed by atoms with van der Waals surface area (Å²) in [6, 6.07) is 7.34. The fourth-order valence-corrected chi connectivity index (χ4v) is 3.21. The molecule has 0 radical (unpaired) electrons. The maximum atomic E-state index is 13.4. The number of halogens is 1. The van der Waals surface area contributed by atoms with Crippen molar-refractivity contribution in [2.24, 2.45) is 0 Å². The summed E-state index contributed by atoms with van der Waals surface area (Å²) in [5.74, 6) is 4.91. The van der Waals surface area contributed by atoms with Gasteiger partial charge >= 0.3 is 6.03 Å². The van der Waals surface area contributed by atoms with E-state index < -0.39 is 18.0 Å². The summed E-state index contributed by atoms with van der Waals surface area (Å²) in [7, 11) is 0. The molecule has 27 heavy (non-hydrogen) atoms. The molecule has 1 fully saturated rings. The average molecular weight is 364 g/mol. The van der Waals surface area contributed by atoms with E-state index in [0.29, 0.717) is 18.7 Å². The number of carbonyl (C=O) groups excluding carboxylic acids is 2. The Balaban J connectivity index is 1.39. The molecule has 6 nitrogen and oxygen atoms in total. The Labute approximate surface area is 155 Å². The van der Waals surface area contributed by atoms with Crippen LogP contribution in [0.25, 0.3) is 0 Å². The third kappa shape index (κ3) is 3.96. The van der Waals surface area contributed by atoms with Crippen molar-refractivity contribution in [3.05, 3.63) is 64.7 Å². The lowest BCUT2D eigenvalue weighted by Gasteiger charge is -2.28. The number of nitrogens with zero attached hydrogens (tertiary/aromatic N) is 2. The minimum Gasteiger partial charge on any atom is -0.316 e. The van der Waals surface area contributed by atoms with Crippen molar-refractivity contribution in [1.82, 2.24) is 20.5 Å². The van der Waals surface area contributed by atoms with Crippen LogP contribution in [-0.4, -0.2) is 34.4 Å². The third-order valence-electron chi connectivity index (χ3n) is 4.61. The highest BCUT2D eigenvalue weighted by Crippen LogP contribution is 2.21. The van der Waals surface area contributed by atoms with Gasteiger partial charge in [0, 0.05) is 31.4 Å². The van der Waals surface area contributed by atoms with Gasteiger partial charge in [-0.1, -0.05) is 17.9 Å². The van der Waals surface area contributed by atoms with E-state index in [4.69, 9.17) is 0 Å². The molecular weight excluding hydrogens is 347 g/mol. The van der Waals surface area contributed by atoms with Gasteiger partial charge in [-0.05, 0) is 41.8 Å². The summed E-state index contributed by atoms with van der Waals surface area (Å²) in [6.45, 7) is 2.27. The van der Waals surface area contributed by atoms with Gasteiger partial charge in [-0.15, -0.1) is 0 Å². The van der Waals surface area contributed by atoms with Crippen LogP contribution in [0.3, 0.4) is 0 Å². The van der Waals surface area contributed by atoms with Crippen LogP contribution < -0.4 is 10.6 Å². The summed E-state index contributed by atoms with van der Waals surface area (Å²) in [4.78, 5) is 29.2. The summed E-state index contributed by atoms with van der Waals surface area (Å²) in [5.41, 5.74) is 3.79. The number of hydrogen-bond acceptors (Lipinski definition) is 4. The highest BCUT2D eigenvalue weighted by Gasteiger charge is 2.27. The molecule has 2 N–H and O–H groups in total. The fraction of sp³-hybridized carbons (Fsp3) is 0.250. The van der Waals surface area contributed by atoms with Gasteiger partial charge in [0.25, 0.3) is 5.91 Å². The number of hydrogen-bond donors (Lipinski definition) is 2. The molecular formula is C20H17FN4O2. The maximum Gasteiger partial charge on any atom is 0.322 e. The van der Waals surface area contributed by atoms with E-state index >= 15 is 0 Å². The Bertz CT molecular complexity index is 962. The largest absolute Gasteiger partial charge is 0.322 e. The van der Waals surface area contributed by atoms with Crippen molar-refractivity contribution < 1.29 is 14.0 Å². The van der Waals surface area contributed by atoms with Crippen molar-refractivity contribution in [3.8, 4) is 11.8 Å². The number of nitrogens with one attached hydrogen (secondary N) is 2. The number of carbonyl (C=O) groups is 2. The minimum absolute atomic E-state index is 0.205. The highest BCUT2D eigenvalue weighted by molar-refractivity contribution is 6.05. The van der Waals surface area contributed by atoms with E-state index in [1.54, 1.807) is 12.3 Å². The van der Waals surface area contributed by atoms with Crippen LogP contribution in [-0.2, 0) is 24.3 Å². The first kappa shape index (κ1) is 17.2.